The fourth-order valence-electron chi connectivity index (χ4n) is 2.72. The summed E-state index contributed by atoms with van der Waals surface area (Å²) in [6.45, 7) is 4.34. The summed E-state index contributed by atoms with van der Waals surface area (Å²) in [5.74, 6) is 1.12. The van der Waals surface area contributed by atoms with Crippen molar-refractivity contribution in [3.8, 4) is 5.88 Å². The Balaban J connectivity index is 2.16. The first kappa shape index (κ1) is 13.1. The van der Waals surface area contributed by atoms with Crippen molar-refractivity contribution in [1.82, 2.24) is 4.98 Å². The topological polar surface area (TPSA) is 39.2 Å². The lowest BCUT2D eigenvalue weighted by Gasteiger charge is -2.33. The van der Waals surface area contributed by atoms with Crippen molar-refractivity contribution < 1.29 is 9.53 Å². The number of carbonyl (C=O) groups excluding carboxylic acids is 1. The number of aromatic nitrogens is 1. The molecule has 98 valence electrons. The van der Waals surface area contributed by atoms with E-state index in [9.17, 15) is 4.79 Å². The molecule has 3 nitrogen and oxygen atoms in total. The van der Waals surface area contributed by atoms with E-state index in [1.54, 1.807) is 13.3 Å². The van der Waals surface area contributed by atoms with Crippen LogP contribution in [0.5, 0.6) is 5.88 Å². The number of carbonyl (C=O) groups is 1. The van der Waals surface area contributed by atoms with Crippen LogP contribution in [0.4, 0.5) is 0 Å². The van der Waals surface area contributed by atoms with Gasteiger partial charge in [-0.05, 0) is 43.2 Å². The molecule has 1 aromatic rings. The Bertz CT molecular complexity index is 444. The highest BCUT2D eigenvalue weighted by Crippen LogP contribution is 2.38. The van der Waals surface area contributed by atoms with Gasteiger partial charge < -0.3 is 4.74 Å². The summed E-state index contributed by atoms with van der Waals surface area (Å²) in [5.41, 5.74) is 2.65. The number of nitrogens with zero attached hydrogens (tertiary/aromatic N) is 1. The molecule has 1 fully saturated rings. The first-order chi connectivity index (χ1) is 8.54. The molecule has 18 heavy (non-hydrogen) atoms. The molecule has 0 atom stereocenters. The minimum absolute atomic E-state index is 0.241. The third kappa shape index (κ3) is 2.71. The van der Waals surface area contributed by atoms with Crippen molar-refractivity contribution >= 4 is 5.78 Å². The number of hydrogen-bond donors (Lipinski definition) is 0. The molecule has 0 saturated heterocycles. The van der Waals surface area contributed by atoms with Gasteiger partial charge in [0.25, 0.3) is 0 Å². The minimum atomic E-state index is 0.241. The van der Waals surface area contributed by atoms with Gasteiger partial charge in [-0.15, -0.1) is 0 Å². The van der Waals surface area contributed by atoms with Crippen LogP contribution in [0.15, 0.2) is 12.3 Å². The van der Waals surface area contributed by atoms with Crippen LogP contribution in [0.3, 0.4) is 0 Å². The predicted octanol–water partition coefficient (Wildman–Crippen LogP) is 3.09. The molecule has 1 aromatic heterocycles. The quantitative estimate of drug-likeness (QED) is 0.824. The minimum Gasteiger partial charge on any atom is -0.481 e. The van der Waals surface area contributed by atoms with E-state index in [0.717, 1.165) is 37.7 Å². The molecule has 0 N–H and O–H groups in total. The number of methoxy groups -OCH3 is 1. The highest BCUT2D eigenvalue weighted by molar-refractivity contribution is 5.79. The maximum Gasteiger partial charge on any atom is 0.216 e. The maximum absolute atomic E-state index is 11.3. The molecule has 1 heterocycles. The van der Waals surface area contributed by atoms with Gasteiger partial charge in [-0.1, -0.05) is 6.92 Å². The van der Waals surface area contributed by atoms with E-state index in [2.05, 4.69) is 24.9 Å². The van der Waals surface area contributed by atoms with Crippen molar-refractivity contribution in [2.24, 2.45) is 5.41 Å². The van der Waals surface area contributed by atoms with Gasteiger partial charge in [-0.25, -0.2) is 4.98 Å². The summed E-state index contributed by atoms with van der Waals surface area (Å²) in [4.78, 5) is 15.5. The zero-order valence-corrected chi connectivity index (χ0v) is 11.5. The van der Waals surface area contributed by atoms with Crippen molar-refractivity contribution in [2.45, 2.75) is 46.0 Å². The van der Waals surface area contributed by atoms with Gasteiger partial charge in [0.05, 0.1) is 7.11 Å². The van der Waals surface area contributed by atoms with Gasteiger partial charge in [0.1, 0.15) is 5.78 Å². The summed E-state index contributed by atoms with van der Waals surface area (Å²) in [5, 5.41) is 0. The van der Waals surface area contributed by atoms with E-state index in [-0.39, 0.29) is 5.41 Å². The fraction of sp³-hybridized carbons (Fsp3) is 0.600. The monoisotopic (exact) mass is 247 g/mol. The van der Waals surface area contributed by atoms with Gasteiger partial charge in [0.15, 0.2) is 0 Å². The van der Waals surface area contributed by atoms with Gasteiger partial charge >= 0.3 is 0 Å². The van der Waals surface area contributed by atoms with E-state index in [1.807, 2.05) is 0 Å². The molecular weight excluding hydrogens is 226 g/mol. The molecule has 1 aliphatic carbocycles. The molecule has 0 aromatic carbocycles. The van der Waals surface area contributed by atoms with Crippen LogP contribution in [0.2, 0.25) is 0 Å². The summed E-state index contributed by atoms with van der Waals surface area (Å²) in [7, 11) is 1.65. The van der Waals surface area contributed by atoms with E-state index >= 15 is 0 Å². The molecule has 0 amide bonds. The van der Waals surface area contributed by atoms with Gasteiger partial charge in [0.2, 0.25) is 5.88 Å². The van der Waals surface area contributed by atoms with Crippen LogP contribution in [0.1, 0.15) is 43.7 Å². The van der Waals surface area contributed by atoms with Crippen molar-refractivity contribution in [1.29, 1.82) is 0 Å². The highest BCUT2D eigenvalue weighted by Gasteiger charge is 2.30. The number of Topliss-reactive ketones (excluding diaryl/α,β-unsaturated/α-hetero) is 1. The van der Waals surface area contributed by atoms with Crippen molar-refractivity contribution in [2.75, 3.05) is 7.11 Å². The second kappa shape index (κ2) is 5.09. The smallest absolute Gasteiger partial charge is 0.216 e. The average molecular weight is 247 g/mol. The number of rotatable bonds is 3. The SMILES string of the molecule is COc1nccc(CC2(C)CCC(=O)CC2)c1C. The second-order valence-electron chi connectivity index (χ2n) is 5.63. The van der Waals surface area contributed by atoms with Crippen molar-refractivity contribution in [3.05, 3.63) is 23.4 Å². The standard InChI is InChI=1S/C15H21NO2/c1-11-12(6-9-16-14(11)18-3)10-15(2)7-4-13(17)5-8-15/h6,9H,4-5,7-8,10H2,1-3H3. The van der Waals surface area contributed by atoms with E-state index in [1.165, 1.54) is 5.56 Å². The average Bonchev–Trinajstić information content (AvgIpc) is 2.36. The van der Waals surface area contributed by atoms with Crippen molar-refractivity contribution in [3.63, 3.8) is 0 Å². The zero-order chi connectivity index (χ0) is 13.2. The molecule has 1 saturated carbocycles. The lowest BCUT2D eigenvalue weighted by Crippen LogP contribution is -2.27. The molecule has 0 spiro atoms. The Labute approximate surface area is 109 Å². The Kier molecular flexibility index (Phi) is 3.69. The number of hydrogen-bond acceptors (Lipinski definition) is 3. The predicted molar refractivity (Wildman–Crippen MR) is 70.8 cm³/mol. The molecule has 0 aliphatic heterocycles. The maximum atomic E-state index is 11.3. The Morgan fingerprint density at radius 1 is 1.39 bits per heavy atom. The first-order valence-corrected chi connectivity index (χ1v) is 6.54. The summed E-state index contributed by atoms with van der Waals surface area (Å²) in [6.07, 6.45) is 6.27. The Morgan fingerprint density at radius 2 is 2.06 bits per heavy atom. The normalized spacial score (nSPS) is 18.7. The number of ketones is 1. The third-order valence-corrected chi connectivity index (χ3v) is 4.10. The lowest BCUT2D eigenvalue weighted by atomic mass is 9.71. The first-order valence-electron chi connectivity index (χ1n) is 6.54. The largest absolute Gasteiger partial charge is 0.481 e. The van der Waals surface area contributed by atoms with Crippen LogP contribution in [0.25, 0.3) is 0 Å². The summed E-state index contributed by atoms with van der Waals surface area (Å²) >= 11 is 0. The van der Waals surface area contributed by atoms with E-state index in [4.69, 9.17) is 4.74 Å². The highest BCUT2D eigenvalue weighted by atomic mass is 16.5. The third-order valence-electron chi connectivity index (χ3n) is 4.10. The fourth-order valence-corrected chi connectivity index (χ4v) is 2.72. The molecule has 0 bridgehead atoms. The van der Waals surface area contributed by atoms with Crippen LogP contribution in [-0.4, -0.2) is 17.9 Å². The molecule has 0 radical (unpaired) electrons. The van der Waals surface area contributed by atoms with Crippen LogP contribution in [0, 0.1) is 12.3 Å². The Morgan fingerprint density at radius 3 is 2.67 bits per heavy atom. The van der Waals surface area contributed by atoms with Gasteiger partial charge in [0, 0.05) is 24.6 Å². The molecule has 0 unspecified atom stereocenters. The Hall–Kier alpha value is -1.38. The molecule has 2 rings (SSSR count). The van der Waals surface area contributed by atoms with Crippen LogP contribution >= 0.6 is 0 Å². The number of pyridine rings is 1. The summed E-state index contributed by atoms with van der Waals surface area (Å²) in [6, 6.07) is 2.07. The van der Waals surface area contributed by atoms with Crippen LogP contribution in [-0.2, 0) is 11.2 Å². The van der Waals surface area contributed by atoms with Crippen LogP contribution < -0.4 is 4.74 Å². The van der Waals surface area contributed by atoms with E-state index in [0.29, 0.717) is 11.7 Å². The molecule has 3 heteroatoms. The van der Waals surface area contributed by atoms with Gasteiger partial charge in [-0.3, -0.25) is 4.79 Å². The summed E-state index contributed by atoms with van der Waals surface area (Å²) < 4.78 is 5.26. The second-order valence-corrected chi connectivity index (χ2v) is 5.63. The van der Waals surface area contributed by atoms with E-state index < -0.39 is 0 Å². The molecular formula is C15H21NO2. The zero-order valence-electron chi connectivity index (χ0n) is 11.5. The lowest BCUT2D eigenvalue weighted by molar-refractivity contribution is -0.122. The molecule has 1 aliphatic rings. The number of ether oxygens (including phenoxy) is 1. The van der Waals surface area contributed by atoms with Gasteiger partial charge in [-0.2, -0.15) is 0 Å².